The van der Waals surface area contributed by atoms with Crippen molar-refractivity contribution in [3.63, 3.8) is 0 Å². The van der Waals surface area contributed by atoms with E-state index in [1.54, 1.807) is 0 Å². The number of aliphatic carboxylic acids is 1. The van der Waals surface area contributed by atoms with E-state index >= 15 is 0 Å². The lowest BCUT2D eigenvalue weighted by Gasteiger charge is -2.14. The van der Waals surface area contributed by atoms with Crippen molar-refractivity contribution in [3.05, 3.63) is 52.4 Å². The van der Waals surface area contributed by atoms with Crippen molar-refractivity contribution in [2.75, 3.05) is 6.54 Å². The van der Waals surface area contributed by atoms with E-state index in [9.17, 15) is 14.7 Å². The summed E-state index contributed by atoms with van der Waals surface area (Å²) in [5.41, 5.74) is 2.01. The van der Waals surface area contributed by atoms with Crippen molar-refractivity contribution in [1.82, 2.24) is 4.90 Å². The fourth-order valence-corrected chi connectivity index (χ4v) is 3.49. The number of amides is 1. The third-order valence-corrected chi connectivity index (χ3v) is 4.57. The highest BCUT2D eigenvalue weighted by atomic mass is 32.2. The molecule has 1 aromatic rings. The molecule has 0 N–H and O–H groups in total. The number of thiocarbonyl (C=S) groups is 1. The maximum Gasteiger partial charge on any atom is 0.266 e. The van der Waals surface area contributed by atoms with E-state index < -0.39 is 5.97 Å². The van der Waals surface area contributed by atoms with Crippen LogP contribution in [0.15, 0.2) is 46.9 Å². The topological polar surface area (TPSA) is 60.4 Å². The molecular weight excluding hydrogens is 330 g/mol. The molecule has 0 aliphatic carbocycles. The van der Waals surface area contributed by atoms with E-state index in [0.717, 1.165) is 11.1 Å². The Balaban J connectivity index is 2.06. The van der Waals surface area contributed by atoms with E-state index in [2.05, 4.69) is 0 Å². The number of rotatable bonds is 6. The number of hydrogen-bond donors (Lipinski definition) is 0. The van der Waals surface area contributed by atoms with Gasteiger partial charge in [0.1, 0.15) is 4.32 Å². The molecule has 0 unspecified atom stereocenters. The molecule has 0 radical (unpaired) electrons. The number of carboxylic acid groups (broad SMARTS) is 1. The molecule has 0 spiro atoms. The van der Waals surface area contributed by atoms with Gasteiger partial charge in [-0.25, -0.2) is 0 Å². The number of thioether (sulfide) groups is 1. The van der Waals surface area contributed by atoms with E-state index in [1.807, 2.05) is 49.4 Å². The standard InChI is InChI=1S/C17H17NO3S2/c1-12(10-13-6-3-2-4-7-13)11-14-16(21)18(17(22)23-14)9-5-8-15(19)20/h2-4,6-7,10-11H,5,8-9H2,1H3,(H,19,20)/p-1/b12-10-,14-11+. The van der Waals surface area contributed by atoms with Gasteiger partial charge in [0.25, 0.3) is 5.91 Å². The van der Waals surface area contributed by atoms with Crippen LogP contribution in [-0.2, 0) is 9.59 Å². The minimum Gasteiger partial charge on any atom is -0.550 e. The van der Waals surface area contributed by atoms with Crippen LogP contribution in [0, 0.1) is 0 Å². The third kappa shape index (κ3) is 5.04. The molecule has 1 fully saturated rings. The lowest BCUT2D eigenvalue weighted by Crippen LogP contribution is -2.30. The van der Waals surface area contributed by atoms with E-state index in [1.165, 1.54) is 16.7 Å². The summed E-state index contributed by atoms with van der Waals surface area (Å²) in [4.78, 5) is 24.8. The van der Waals surface area contributed by atoms with Crippen LogP contribution < -0.4 is 5.11 Å². The third-order valence-electron chi connectivity index (χ3n) is 3.19. The molecule has 1 amide bonds. The predicted octanol–water partition coefficient (Wildman–Crippen LogP) is 2.36. The molecule has 1 aromatic carbocycles. The summed E-state index contributed by atoms with van der Waals surface area (Å²) in [6.07, 6.45) is 4.05. The second-order valence-electron chi connectivity index (χ2n) is 5.11. The summed E-state index contributed by atoms with van der Waals surface area (Å²) in [6, 6.07) is 9.83. The average molecular weight is 346 g/mol. The first kappa shape index (κ1) is 17.4. The van der Waals surface area contributed by atoms with Crippen LogP contribution in [0.5, 0.6) is 0 Å². The normalized spacial score (nSPS) is 17.2. The van der Waals surface area contributed by atoms with Gasteiger partial charge in [0, 0.05) is 12.5 Å². The molecule has 0 bridgehead atoms. The molecule has 0 saturated carbocycles. The van der Waals surface area contributed by atoms with Gasteiger partial charge in [0.2, 0.25) is 0 Å². The van der Waals surface area contributed by atoms with Crippen molar-refractivity contribution in [2.45, 2.75) is 19.8 Å². The van der Waals surface area contributed by atoms with Gasteiger partial charge in [-0.15, -0.1) is 0 Å². The Morgan fingerprint density at radius 3 is 2.70 bits per heavy atom. The largest absolute Gasteiger partial charge is 0.550 e. The summed E-state index contributed by atoms with van der Waals surface area (Å²) in [5.74, 6) is -1.29. The van der Waals surface area contributed by atoms with Crippen LogP contribution >= 0.6 is 24.0 Å². The monoisotopic (exact) mass is 346 g/mol. The van der Waals surface area contributed by atoms with Gasteiger partial charge in [0.15, 0.2) is 0 Å². The van der Waals surface area contributed by atoms with Crippen molar-refractivity contribution in [2.24, 2.45) is 0 Å². The number of nitrogens with zero attached hydrogens (tertiary/aromatic N) is 1. The Morgan fingerprint density at radius 2 is 2.04 bits per heavy atom. The molecule has 1 heterocycles. The van der Waals surface area contributed by atoms with Gasteiger partial charge >= 0.3 is 0 Å². The van der Waals surface area contributed by atoms with Crippen LogP contribution in [-0.4, -0.2) is 27.6 Å². The highest BCUT2D eigenvalue weighted by molar-refractivity contribution is 8.26. The molecule has 4 nitrogen and oxygen atoms in total. The maximum atomic E-state index is 12.3. The Kier molecular flexibility index (Phi) is 6.12. The first-order chi connectivity index (χ1) is 11.0. The number of carbonyl (C=O) groups is 2. The van der Waals surface area contributed by atoms with Crippen molar-refractivity contribution < 1.29 is 14.7 Å². The summed E-state index contributed by atoms with van der Waals surface area (Å²) in [7, 11) is 0. The molecule has 0 aromatic heterocycles. The quantitative estimate of drug-likeness (QED) is 0.585. The fraction of sp³-hybridized carbons (Fsp3) is 0.235. The highest BCUT2D eigenvalue weighted by Gasteiger charge is 2.31. The second kappa shape index (κ2) is 8.08. The number of carboxylic acids is 1. The fourth-order valence-electron chi connectivity index (χ4n) is 2.13. The number of benzene rings is 1. The van der Waals surface area contributed by atoms with Gasteiger partial charge in [-0.1, -0.05) is 60.4 Å². The zero-order valence-electron chi connectivity index (χ0n) is 12.7. The minimum atomic E-state index is -1.12. The van der Waals surface area contributed by atoms with Crippen molar-refractivity contribution in [1.29, 1.82) is 0 Å². The highest BCUT2D eigenvalue weighted by Crippen LogP contribution is 2.32. The molecule has 1 aliphatic heterocycles. The first-order valence-electron chi connectivity index (χ1n) is 7.16. The van der Waals surface area contributed by atoms with Crippen molar-refractivity contribution in [3.8, 4) is 0 Å². The van der Waals surface area contributed by atoms with Gasteiger partial charge in [-0.05, 0) is 37.0 Å². The Morgan fingerprint density at radius 1 is 1.35 bits per heavy atom. The van der Waals surface area contributed by atoms with Gasteiger partial charge in [-0.3, -0.25) is 9.69 Å². The summed E-state index contributed by atoms with van der Waals surface area (Å²) >= 11 is 6.45. The molecule has 120 valence electrons. The van der Waals surface area contributed by atoms with Crippen molar-refractivity contribution >= 4 is 46.3 Å². The van der Waals surface area contributed by atoms with E-state index in [0.29, 0.717) is 22.2 Å². The van der Waals surface area contributed by atoms with Crippen LogP contribution in [0.1, 0.15) is 25.3 Å². The summed E-state index contributed by atoms with van der Waals surface area (Å²) < 4.78 is 0.465. The van der Waals surface area contributed by atoms with Crippen LogP contribution in [0.25, 0.3) is 6.08 Å². The van der Waals surface area contributed by atoms with E-state index in [-0.39, 0.29) is 12.3 Å². The summed E-state index contributed by atoms with van der Waals surface area (Å²) in [6.45, 7) is 2.23. The SMILES string of the molecule is CC(=C/c1ccccc1)/C=C1/SC(=S)N(CCCC(=O)[O-])C1=O. The summed E-state index contributed by atoms with van der Waals surface area (Å²) in [5, 5.41) is 10.4. The Hall–Kier alpha value is -1.92. The second-order valence-corrected chi connectivity index (χ2v) is 6.78. The average Bonchev–Trinajstić information content (AvgIpc) is 2.75. The maximum absolute atomic E-state index is 12.3. The Labute approximate surface area is 144 Å². The zero-order chi connectivity index (χ0) is 16.8. The lowest BCUT2D eigenvalue weighted by atomic mass is 10.1. The number of hydrogen-bond acceptors (Lipinski definition) is 5. The molecule has 1 aliphatic rings. The number of allylic oxidation sites excluding steroid dienone is 2. The molecule has 2 rings (SSSR count). The molecule has 1 saturated heterocycles. The van der Waals surface area contributed by atoms with Gasteiger partial charge in [0.05, 0.1) is 4.91 Å². The molecule has 0 atom stereocenters. The minimum absolute atomic E-state index is 0.0803. The molecule has 23 heavy (non-hydrogen) atoms. The smallest absolute Gasteiger partial charge is 0.266 e. The molecule has 6 heteroatoms. The van der Waals surface area contributed by atoms with Crippen LogP contribution in [0.2, 0.25) is 0 Å². The first-order valence-corrected chi connectivity index (χ1v) is 8.38. The van der Waals surface area contributed by atoms with E-state index in [4.69, 9.17) is 12.2 Å². The number of carbonyl (C=O) groups excluding carboxylic acids is 2. The Bertz CT molecular complexity index is 680. The van der Waals surface area contributed by atoms with Gasteiger partial charge < -0.3 is 9.90 Å². The zero-order valence-corrected chi connectivity index (χ0v) is 14.3. The lowest BCUT2D eigenvalue weighted by molar-refractivity contribution is -0.305. The van der Waals surface area contributed by atoms with Crippen LogP contribution in [0.3, 0.4) is 0 Å². The van der Waals surface area contributed by atoms with Crippen LogP contribution in [0.4, 0.5) is 0 Å². The molecular formula is C17H16NO3S2-. The predicted molar refractivity (Wildman–Crippen MR) is 94.3 cm³/mol. The van der Waals surface area contributed by atoms with Gasteiger partial charge in [-0.2, -0.15) is 0 Å².